The van der Waals surface area contributed by atoms with Gasteiger partial charge in [0.05, 0.1) is 6.16 Å². The number of carbonyl (C=O) groups is 1. The van der Waals surface area contributed by atoms with Crippen LogP contribution in [0.25, 0.3) is 0 Å². The molecular weight excluding hydrogens is 195 g/mol. The van der Waals surface area contributed by atoms with Crippen LogP contribution in [0.15, 0.2) is 12.2 Å². The lowest BCUT2D eigenvalue weighted by molar-refractivity contribution is -0.144. The van der Waals surface area contributed by atoms with Crippen molar-refractivity contribution >= 4 is 13.6 Å². The molecule has 0 heterocycles. The van der Waals surface area contributed by atoms with Crippen molar-refractivity contribution in [2.24, 2.45) is 0 Å². The van der Waals surface area contributed by atoms with Gasteiger partial charge in [-0.1, -0.05) is 12.2 Å². The third kappa shape index (κ3) is 5.58. The standard InChI is InChI=1S/C7H13O5P/c1-3-4-5-13(10,11)12-6(2)7(8)9/h3-4,6H,5H2,1-2H3,(H,8,9)(H,10,11). The second-order valence-electron chi connectivity index (χ2n) is 2.47. The Morgan fingerprint density at radius 3 is 2.62 bits per heavy atom. The van der Waals surface area contributed by atoms with Crippen LogP contribution < -0.4 is 0 Å². The lowest BCUT2D eigenvalue weighted by atomic mass is 10.4. The van der Waals surface area contributed by atoms with E-state index in [1.165, 1.54) is 13.0 Å². The zero-order chi connectivity index (χ0) is 10.5. The van der Waals surface area contributed by atoms with Gasteiger partial charge < -0.3 is 10.00 Å². The average Bonchev–Trinajstić information content (AvgIpc) is 2.00. The van der Waals surface area contributed by atoms with Gasteiger partial charge in [-0.15, -0.1) is 0 Å². The summed E-state index contributed by atoms with van der Waals surface area (Å²) >= 11 is 0. The molecule has 0 saturated carbocycles. The van der Waals surface area contributed by atoms with Gasteiger partial charge in [-0.3, -0.25) is 9.09 Å². The van der Waals surface area contributed by atoms with Crippen LogP contribution in [0.5, 0.6) is 0 Å². The highest BCUT2D eigenvalue weighted by molar-refractivity contribution is 7.53. The Kier molecular flexibility index (Phi) is 4.91. The van der Waals surface area contributed by atoms with E-state index in [0.29, 0.717) is 0 Å². The first kappa shape index (κ1) is 12.4. The van der Waals surface area contributed by atoms with Crippen LogP contribution in [0.2, 0.25) is 0 Å². The summed E-state index contributed by atoms with van der Waals surface area (Å²) in [5.41, 5.74) is 0. The van der Waals surface area contributed by atoms with E-state index < -0.39 is 19.7 Å². The fourth-order valence-corrected chi connectivity index (χ4v) is 1.72. The highest BCUT2D eigenvalue weighted by atomic mass is 31.2. The van der Waals surface area contributed by atoms with Gasteiger partial charge in [-0.2, -0.15) is 0 Å². The molecular formula is C7H13O5P. The highest BCUT2D eigenvalue weighted by Crippen LogP contribution is 2.43. The van der Waals surface area contributed by atoms with Gasteiger partial charge in [0.1, 0.15) is 0 Å². The van der Waals surface area contributed by atoms with E-state index in [2.05, 4.69) is 4.52 Å². The number of hydrogen-bond donors (Lipinski definition) is 2. The van der Waals surface area contributed by atoms with Gasteiger partial charge in [0, 0.05) is 0 Å². The van der Waals surface area contributed by atoms with Crippen LogP contribution in [-0.2, 0) is 13.9 Å². The number of hydrogen-bond acceptors (Lipinski definition) is 3. The van der Waals surface area contributed by atoms with Crippen molar-refractivity contribution in [2.75, 3.05) is 6.16 Å². The normalized spacial score (nSPS) is 18.4. The van der Waals surface area contributed by atoms with Crippen LogP contribution in [-0.4, -0.2) is 28.2 Å². The number of carboxylic acids is 1. The number of aliphatic carboxylic acids is 1. The van der Waals surface area contributed by atoms with E-state index in [0.717, 1.165) is 0 Å². The van der Waals surface area contributed by atoms with E-state index in [4.69, 9.17) is 10.00 Å². The van der Waals surface area contributed by atoms with Gasteiger partial charge >= 0.3 is 13.6 Å². The van der Waals surface area contributed by atoms with Crippen molar-refractivity contribution in [3.05, 3.63) is 12.2 Å². The third-order valence-corrected chi connectivity index (χ3v) is 2.56. The molecule has 0 aromatic carbocycles. The van der Waals surface area contributed by atoms with Gasteiger partial charge in [0.25, 0.3) is 0 Å². The molecule has 2 N–H and O–H groups in total. The Balaban J connectivity index is 4.16. The number of allylic oxidation sites excluding steroid dienone is 2. The first-order chi connectivity index (χ1) is 5.89. The largest absolute Gasteiger partial charge is 0.479 e. The molecule has 0 aliphatic rings. The Labute approximate surface area is 76.6 Å². The summed E-state index contributed by atoms with van der Waals surface area (Å²) in [6, 6.07) is 0. The van der Waals surface area contributed by atoms with Crippen molar-refractivity contribution < 1.29 is 23.9 Å². The van der Waals surface area contributed by atoms with Crippen LogP contribution in [0.1, 0.15) is 13.8 Å². The Morgan fingerprint density at radius 2 is 2.23 bits per heavy atom. The molecule has 6 heteroatoms. The molecule has 2 unspecified atom stereocenters. The van der Waals surface area contributed by atoms with E-state index in [-0.39, 0.29) is 6.16 Å². The van der Waals surface area contributed by atoms with Crippen molar-refractivity contribution in [3.8, 4) is 0 Å². The van der Waals surface area contributed by atoms with E-state index in [1.807, 2.05) is 0 Å². The van der Waals surface area contributed by atoms with E-state index in [1.54, 1.807) is 13.0 Å². The molecule has 0 amide bonds. The van der Waals surface area contributed by atoms with Crippen molar-refractivity contribution in [1.82, 2.24) is 0 Å². The zero-order valence-corrected chi connectivity index (χ0v) is 8.40. The van der Waals surface area contributed by atoms with Crippen LogP contribution in [0.3, 0.4) is 0 Å². The van der Waals surface area contributed by atoms with Gasteiger partial charge in [-0.05, 0) is 13.8 Å². The van der Waals surface area contributed by atoms with Crippen LogP contribution >= 0.6 is 7.60 Å². The van der Waals surface area contributed by atoms with Crippen molar-refractivity contribution in [1.29, 1.82) is 0 Å². The second-order valence-corrected chi connectivity index (χ2v) is 4.33. The van der Waals surface area contributed by atoms with Gasteiger partial charge in [-0.25, -0.2) is 4.79 Å². The van der Waals surface area contributed by atoms with Gasteiger partial charge in [0.2, 0.25) is 0 Å². The first-order valence-electron chi connectivity index (χ1n) is 3.73. The molecule has 0 saturated heterocycles. The Hall–Kier alpha value is -0.640. The summed E-state index contributed by atoms with van der Waals surface area (Å²) in [5.74, 6) is -1.25. The third-order valence-electron chi connectivity index (χ3n) is 1.24. The molecule has 0 aliphatic heterocycles. The molecule has 5 nitrogen and oxygen atoms in total. The maximum Gasteiger partial charge on any atom is 0.333 e. The average molecular weight is 208 g/mol. The summed E-state index contributed by atoms with van der Waals surface area (Å²) in [6.07, 6.45) is 1.62. The summed E-state index contributed by atoms with van der Waals surface area (Å²) in [6.45, 7) is 2.90. The highest BCUT2D eigenvalue weighted by Gasteiger charge is 2.24. The number of carboxylic acid groups (broad SMARTS) is 1. The molecule has 0 spiro atoms. The molecule has 0 radical (unpaired) electrons. The summed E-state index contributed by atoms with van der Waals surface area (Å²) < 4.78 is 15.6. The van der Waals surface area contributed by atoms with E-state index >= 15 is 0 Å². The lowest BCUT2D eigenvalue weighted by Crippen LogP contribution is -2.18. The second kappa shape index (κ2) is 5.17. The minimum absolute atomic E-state index is 0.166. The summed E-state index contributed by atoms with van der Waals surface area (Å²) in [5, 5.41) is 8.40. The zero-order valence-electron chi connectivity index (χ0n) is 7.51. The summed E-state index contributed by atoms with van der Waals surface area (Å²) in [7, 11) is -3.79. The minimum atomic E-state index is -3.79. The fraction of sp³-hybridized carbons (Fsp3) is 0.571. The topological polar surface area (TPSA) is 83.8 Å². The molecule has 0 aromatic heterocycles. The molecule has 0 rings (SSSR count). The fourth-order valence-electron chi connectivity index (χ4n) is 0.574. The van der Waals surface area contributed by atoms with Crippen LogP contribution in [0, 0.1) is 0 Å². The van der Waals surface area contributed by atoms with Crippen molar-refractivity contribution in [2.45, 2.75) is 20.0 Å². The molecule has 0 fully saturated rings. The predicted octanol–water partition coefficient (Wildman–Crippen LogP) is 1.24. The number of rotatable bonds is 5. The maximum atomic E-state index is 11.1. The Bertz CT molecular complexity index is 247. The molecule has 2 atom stereocenters. The maximum absolute atomic E-state index is 11.1. The SMILES string of the molecule is CC=CCP(=O)(O)OC(C)C(=O)O. The predicted molar refractivity (Wildman–Crippen MR) is 47.7 cm³/mol. The smallest absolute Gasteiger partial charge is 0.333 e. The minimum Gasteiger partial charge on any atom is -0.479 e. The molecule has 0 bridgehead atoms. The van der Waals surface area contributed by atoms with E-state index in [9.17, 15) is 9.36 Å². The molecule has 0 aromatic rings. The summed E-state index contributed by atoms with van der Waals surface area (Å²) in [4.78, 5) is 19.4. The Morgan fingerprint density at radius 1 is 1.69 bits per heavy atom. The molecule has 13 heavy (non-hydrogen) atoms. The quantitative estimate of drug-likeness (QED) is 0.524. The van der Waals surface area contributed by atoms with Crippen LogP contribution in [0.4, 0.5) is 0 Å². The first-order valence-corrected chi connectivity index (χ1v) is 5.49. The molecule has 0 aliphatic carbocycles. The van der Waals surface area contributed by atoms with Gasteiger partial charge in [0.15, 0.2) is 6.10 Å². The van der Waals surface area contributed by atoms with Crippen molar-refractivity contribution in [3.63, 3.8) is 0 Å². The molecule has 76 valence electrons. The lowest BCUT2D eigenvalue weighted by Gasteiger charge is -2.12. The monoisotopic (exact) mass is 208 g/mol.